The van der Waals surface area contributed by atoms with Gasteiger partial charge in [0.05, 0.1) is 4.90 Å². The molecule has 0 N–H and O–H groups in total. The van der Waals surface area contributed by atoms with Gasteiger partial charge in [0.2, 0.25) is 10.0 Å². The molecule has 1 fully saturated rings. The smallest absolute Gasteiger partial charge is 0.253 e. The number of rotatable bonds is 5. The van der Waals surface area contributed by atoms with Crippen molar-refractivity contribution >= 4 is 15.9 Å². The zero-order chi connectivity index (χ0) is 19.4. The molecule has 7 heteroatoms. The number of sulfonamides is 1. The Hall–Kier alpha value is -2.22. The van der Waals surface area contributed by atoms with Gasteiger partial charge in [0.25, 0.3) is 5.91 Å². The van der Waals surface area contributed by atoms with E-state index >= 15 is 0 Å². The van der Waals surface area contributed by atoms with E-state index < -0.39 is 10.0 Å². The lowest BCUT2D eigenvalue weighted by atomic mass is 10.1. The standard InChI is InChI=1S/C20H25N3O3S/c1-21(2)20(24)18-10-8-17(9-11-18)16-22-12-14-23(15-13-22)27(25,26)19-6-4-3-5-7-19/h3-11H,12-16H2,1-2H3. The van der Waals surface area contributed by atoms with Gasteiger partial charge in [0, 0.05) is 52.4 Å². The summed E-state index contributed by atoms with van der Waals surface area (Å²) in [6.07, 6.45) is 0. The topological polar surface area (TPSA) is 60.9 Å². The van der Waals surface area contributed by atoms with Gasteiger partial charge in [0.1, 0.15) is 0 Å². The monoisotopic (exact) mass is 387 g/mol. The summed E-state index contributed by atoms with van der Waals surface area (Å²) < 4.78 is 26.9. The highest BCUT2D eigenvalue weighted by molar-refractivity contribution is 7.89. The Morgan fingerprint density at radius 1 is 0.926 bits per heavy atom. The third-order valence-electron chi connectivity index (χ3n) is 4.73. The maximum absolute atomic E-state index is 12.7. The minimum atomic E-state index is -3.42. The molecule has 1 saturated heterocycles. The molecule has 1 aliphatic heterocycles. The third kappa shape index (κ3) is 4.55. The van der Waals surface area contributed by atoms with Crippen molar-refractivity contribution in [1.82, 2.24) is 14.1 Å². The quantitative estimate of drug-likeness (QED) is 0.786. The summed E-state index contributed by atoms with van der Waals surface area (Å²) in [6.45, 7) is 3.08. The molecule has 27 heavy (non-hydrogen) atoms. The molecule has 1 amide bonds. The Morgan fingerprint density at radius 3 is 2.07 bits per heavy atom. The van der Waals surface area contributed by atoms with Gasteiger partial charge in [-0.2, -0.15) is 4.31 Å². The fourth-order valence-electron chi connectivity index (χ4n) is 3.14. The summed E-state index contributed by atoms with van der Waals surface area (Å²) in [5.41, 5.74) is 1.78. The summed E-state index contributed by atoms with van der Waals surface area (Å²) >= 11 is 0. The second kappa shape index (κ2) is 8.21. The van der Waals surface area contributed by atoms with E-state index in [0.29, 0.717) is 36.6 Å². The van der Waals surface area contributed by atoms with Crippen LogP contribution in [0.3, 0.4) is 0 Å². The molecule has 0 saturated carbocycles. The average Bonchev–Trinajstić information content (AvgIpc) is 2.69. The first kappa shape index (κ1) is 19.5. The van der Waals surface area contributed by atoms with Gasteiger partial charge >= 0.3 is 0 Å². The van der Waals surface area contributed by atoms with Gasteiger partial charge in [-0.3, -0.25) is 9.69 Å². The first-order valence-electron chi connectivity index (χ1n) is 8.96. The maximum Gasteiger partial charge on any atom is 0.253 e. The normalized spacial score (nSPS) is 16.2. The van der Waals surface area contributed by atoms with Gasteiger partial charge < -0.3 is 4.90 Å². The Balaban J connectivity index is 1.58. The number of benzene rings is 2. The Morgan fingerprint density at radius 2 is 1.52 bits per heavy atom. The number of carbonyl (C=O) groups is 1. The van der Waals surface area contributed by atoms with E-state index in [1.807, 2.05) is 30.3 Å². The fourth-order valence-corrected chi connectivity index (χ4v) is 4.58. The summed E-state index contributed by atoms with van der Waals surface area (Å²) in [7, 11) is 0.0536. The predicted molar refractivity (Wildman–Crippen MR) is 105 cm³/mol. The van der Waals surface area contributed by atoms with Crippen LogP contribution in [0.1, 0.15) is 15.9 Å². The van der Waals surface area contributed by atoms with E-state index in [1.165, 1.54) is 0 Å². The molecule has 1 aliphatic rings. The number of carbonyl (C=O) groups excluding carboxylic acids is 1. The molecule has 144 valence electrons. The summed E-state index contributed by atoms with van der Waals surface area (Å²) in [5.74, 6) is -0.0127. The Kier molecular flexibility index (Phi) is 5.94. The fraction of sp³-hybridized carbons (Fsp3) is 0.350. The highest BCUT2D eigenvalue weighted by atomic mass is 32.2. The van der Waals surface area contributed by atoms with Crippen molar-refractivity contribution in [3.63, 3.8) is 0 Å². The predicted octanol–water partition coefficient (Wildman–Crippen LogP) is 1.89. The number of nitrogens with zero attached hydrogens (tertiary/aromatic N) is 3. The van der Waals surface area contributed by atoms with Crippen molar-refractivity contribution in [3.05, 3.63) is 65.7 Å². The minimum Gasteiger partial charge on any atom is -0.345 e. The molecule has 2 aromatic carbocycles. The highest BCUT2D eigenvalue weighted by Gasteiger charge is 2.28. The Labute approximate surface area is 161 Å². The van der Waals surface area contributed by atoms with Crippen molar-refractivity contribution in [3.8, 4) is 0 Å². The maximum atomic E-state index is 12.7. The lowest BCUT2D eigenvalue weighted by Gasteiger charge is -2.34. The first-order valence-corrected chi connectivity index (χ1v) is 10.4. The molecule has 1 heterocycles. The van der Waals surface area contributed by atoms with Crippen molar-refractivity contribution in [1.29, 1.82) is 0 Å². The van der Waals surface area contributed by atoms with Gasteiger partial charge in [-0.15, -0.1) is 0 Å². The van der Waals surface area contributed by atoms with Crippen LogP contribution in [0.2, 0.25) is 0 Å². The summed E-state index contributed by atoms with van der Waals surface area (Å²) in [4.78, 5) is 16.1. The number of hydrogen-bond acceptors (Lipinski definition) is 4. The number of hydrogen-bond donors (Lipinski definition) is 0. The number of amides is 1. The Bertz CT molecular complexity index is 872. The van der Waals surface area contributed by atoms with Crippen LogP contribution >= 0.6 is 0 Å². The molecule has 0 spiro atoms. The summed E-state index contributed by atoms with van der Waals surface area (Å²) in [5, 5.41) is 0. The molecular weight excluding hydrogens is 362 g/mol. The van der Waals surface area contributed by atoms with Crippen molar-refractivity contribution in [2.45, 2.75) is 11.4 Å². The van der Waals surface area contributed by atoms with Crippen molar-refractivity contribution < 1.29 is 13.2 Å². The van der Waals surface area contributed by atoms with Crippen LogP contribution in [0.15, 0.2) is 59.5 Å². The van der Waals surface area contributed by atoms with Crippen LogP contribution in [0.25, 0.3) is 0 Å². The second-order valence-electron chi connectivity index (χ2n) is 6.89. The van der Waals surface area contributed by atoms with E-state index in [2.05, 4.69) is 4.90 Å². The molecular formula is C20H25N3O3S. The molecule has 0 unspecified atom stereocenters. The van der Waals surface area contributed by atoms with Gasteiger partial charge in [-0.1, -0.05) is 30.3 Å². The average molecular weight is 388 g/mol. The zero-order valence-corrected chi connectivity index (χ0v) is 16.5. The van der Waals surface area contributed by atoms with E-state index in [0.717, 1.165) is 12.1 Å². The SMILES string of the molecule is CN(C)C(=O)c1ccc(CN2CCN(S(=O)(=O)c3ccccc3)CC2)cc1. The van der Waals surface area contributed by atoms with Crippen LogP contribution < -0.4 is 0 Å². The third-order valence-corrected chi connectivity index (χ3v) is 6.64. The molecule has 3 rings (SSSR count). The van der Waals surface area contributed by atoms with Crippen LogP contribution in [0.5, 0.6) is 0 Å². The van der Waals surface area contributed by atoms with E-state index in [1.54, 1.807) is 47.6 Å². The number of piperazine rings is 1. The summed E-state index contributed by atoms with van der Waals surface area (Å²) in [6, 6.07) is 16.2. The lowest BCUT2D eigenvalue weighted by molar-refractivity contribution is 0.0827. The largest absolute Gasteiger partial charge is 0.345 e. The molecule has 0 bridgehead atoms. The van der Waals surface area contributed by atoms with Gasteiger partial charge in [0.15, 0.2) is 0 Å². The zero-order valence-electron chi connectivity index (χ0n) is 15.7. The molecule has 0 aliphatic carbocycles. The van der Waals surface area contributed by atoms with Crippen molar-refractivity contribution in [2.24, 2.45) is 0 Å². The second-order valence-corrected chi connectivity index (χ2v) is 8.83. The van der Waals surface area contributed by atoms with Crippen LogP contribution in [-0.2, 0) is 16.6 Å². The highest BCUT2D eigenvalue weighted by Crippen LogP contribution is 2.18. The van der Waals surface area contributed by atoms with E-state index in [4.69, 9.17) is 0 Å². The van der Waals surface area contributed by atoms with Crippen LogP contribution in [0.4, 0.5) is 0 Å². The molecule has 6 nitrogen and oxygen atoms in total. The van der Waals surface area contributed by atoms with Crippen LogP contribution in [-0.4, -0.2) is 68.7 Å². The molecule has 2 aromatic rings. The van der Waals surface area contributed by atoms with Gasteiger partial charge in [-0.05, 0) is 29.8 Å². The molecule has 0 atom stereocenters. The van der Waals surface area contributed by atoms with Crippen LogP contribution in [0, 0.1) is 0 Å². The lowest BCUT2D eigenvalue weighted by Crippen LogP contribution is -2.48. The van der Waals surface area contributed by atoms with E-state index in [-0.39, 0.29) is 5.91 Å². The van der Waals surface area contributed by atoms with Crippen molar-refractivity contribution in [2.75, 3.05) is 40.3 Å². The first-order chi connectivity index (χ1) is 12.9. The van der Waals surface area contributed by atoms with Gasteiger partial charge in [-0.25, -0.2) is 8.42 Å². The molecule has 0 aromatic heterocycles. The molecule has 0 radical (unpaired) electrons. The minimum absolute atomic E-state index is 0.0127. The van der Waals surface area contributed by atoms with E-state index in [9.17, 15) is 13.2 Å².